The number of aromatic nitrogens is 2. The summed E-state index contributed by atoms with van der Waals surface area (Å²) in [7, 11) is 1.73. The van der Waals surface area contributed by atoms with E-state index in [1.54, 1.807) is 17.7 Å². The number of rotatable bonds is 0. The molecule has 0 atom stereocenters. The topological polar surface area (TPSA) is 34.9 Å². The van der Waals surface area contributed by atoms with Gasteiger partial charge >= 0.3 is 0 Å². The van der Waals surface area contributed by atoms with Gasteiger partial charge in [0.05, 0.1) is 10.9 Å². The summed E-state index contributed by atoms with van der Waals surface area (Å²) in [5.41, 5.74) is 0.784. The summed E-state index contributed by atoms with van der Waals surface area (Å²) >= 11 is 0. The van der Waals surface area contributed by atoms with Crippen LogP contribution < -0.4 is 5.56 Å². The van der Waals surface area contributed by atoms with Crippen molar-refractivity contribution in [2.45, 2.75) is 34.6 Å². The lowest BCUT2D eigenvalue weighted by Gasteiger charge is -2.03. The van der Waals surface area contributed by atoms with E-state index < -0.39 is 0 Å². The van der Waals surface area contributed by atoms with Crippen LogP contribution in [0.25, 0.3) is 10.9 Å². The highest BCUT2D eigenvalue weighted by Crippen LogP contribution is 2.05. The lowest BCUT2D eigenvalue weighted by molar-refractivity contribution is 0.792. The Bertz CT molecular complexity index is 515. The maximum absolute atomic E-state index is 11.7. The average Bonchev–Trinajstić information content (AvgIpc) is 2.41. The van der Waals surface area contributed by atoms with E-state index in [1.165, 1.54) is 0 Å². The van der Waals surface area contributed by atoms with Gasteiger partial charge in [-0.1, -0.05) is 39.8 Å². The molecule has 3 heteroatoms. The molecule has 17 heavy (non-hydrogen) atoms. The van der Waals surface area contributed by atoms with Crippen molar-refractivity contribution in [3.8, 4) is 0 Å². The molecule has 0 aliphatic carbocycles. The Balaban J connectivity index is 0.000000581. The molecule has 1 aromatic heterocycles. The Hall–Kier alpha value is -1.64. The number of hydrogen-bond donors (Lipinski definition) is 0. The highest BCUT2D eigenvalue weighted by atomic mass is 16.1. The molecule has 94 valence electrons. The minimum absolute atomic E-state index is 0.0168. The molecule has 0 saturated carbocycles. The van der Waals surface area contributed by atoms with Gasteiger partial charge in [-0.3, -0.25) is 9.36 Å². The first-order chi connectivity index (χ1) is 8.20. The van der Waals surface area contributed by atoms with Crippen molar-refractivity contribution in [2.75, 3.05) is 0 Å². The second kappa shape index (κ2) is 7.60. The third-order valence-corrected chi connectivity index (χ3v) is 2.21. The van der Waals surface area contributed by atoms with E-state index in [0.29, 0.717) is 5.39 Å². The SMILES string of the molecule is CC.CC.Cc1nc2ccccc2c(=O)n1C. The maximum atomic E-state index is 11.7. The van der Waals surface area contributed by atoms with Crippen LogP contribution in [0.3, 0.4) is 0 Å². The zero-order valence-electron chi connectivity index (χ0n) is 11.6. The van der Waals surface area contributed by atoms with Crippen molar-refractivity contribution >= 4 is 10.9 Å². The largest absolute Gasteiger partial charge is 0.299 e. The maximum Gasteiger partial charge on any atom is 0.261 e. The molecule has 0 bridgehead atoms. The minimum atomic E-state index is 0.0168. The Kier molecular flexibility index (Phi) is 6.87. The number of benzene rings is 1. The molecule has 0 fully saturated rings. The molecule has 3 nitrogen and oxygen atoms in total. The number of hydrogen-bond acceptors (Lipinski definition) is 2. The summed E-state index contributed by atoms with van der Waals surface area (Å²) in [5.74, 6) is 0.740. The smallest absolute Gasteiger partial charge is 0.261 e. The van der Waals surface area contributed by atoms with Gasteiger partial charge in [0.15, 0.2) is 0 Å². The Labute approximate surface area is 103 Å². The molecule has 0 spiro atoms. The van der Waals surface area contributed by atoms with Crippen LogP contribution in [0, 0.1) is 6.92 Å². The van der Waals surface area contributed by atoms with Crippen molar-refractivity contribution < 1.29 is 0 Å². The van der Waals surface area contributed by atoms with Crippen LogP contribution in [0.4, 0.5) is 0 Å². The van der Waals surface area contributed by atoms with Gasteiger partial charge in [-0.15, -0.1) is 0 Å². The quantitative estimate of drug-likeness (QED) is 0.701. The fourth-order valence-electron chi connectivity index (χ4n) is 1.33. The molecule has 1 aromatic carbocycles. The van der Waals surface area contributed by atoms with Crippen molar-refractivity contribution in [1.82, 2.24) is 9.55 Å². The van der Waals surface area contributed by atoms with Crippen molar-refractivity contribution in [2.24, 2.45) is 7.05 Å². The molecule has 1 heterocycles. The lowest BCUT2D eigenvalue weighted by Crippen LogP contribution is -2.20. The molecule has 0 saturated heterocycles. The van der Waals surface area contributed by atoms with Crippen LogP contribution in [0.1, 0.15) is 33.5 Å². The second-order valence-electron chi connectivity index (χ2n) is 3.04. The van der Waals surface area contributed by atoms with Gasteiger partial charge in [0.25, 0.3) is 5.56 Å². The summed E-state index contributed by atoms with van der Waals surface area (Å²) in [6.07, 6.45) is 0. The lowest BCUT2D eigenvalue weighted by atomic mass is 10.2. The van der Waals surface area contributed by atoms with Gasteiger partial charge in [0.2, 0.25) is 0 Å². The third kappa shape index (κ3) is 3.41. The van der Waals surface area contributed by atoms with E-state index in [4.69, 9.17) is 0 Å². The summed E-state index contributed by atoms with van der Waals surface area (Å²) < 4.78 is 1.56. The van der Waals surface area contributed by atoms with E-state index >= 15 is 0 Å². The summed E-state index contributed by atoms with van der Waals surface area (Å²) in [5, 5.41) is 0.676. The van der Waals surface area contributed by atoms with Crippen molar-refractivity contribution in [1.29, 1.82) is 0 Å². The van der Waals surface area contributed by atoms with Gasteiger partial charge in [0.1, 0.15) is 5.82 Å². The first-order valence-corrected chi connectivity index (χ1v) is 6.12. The molecule has 2 aromatic rings. The molecule has 0 aliphatic rings. The van der Waals surface area contributed by atoms with Crippen LogP contribution in [0.2, 0.25) is 0 Å². The summed E-state index contributed by atoms with van der Waals surface area (Å²) in [6, 6.07) is 7.38. The highest BCUT2D eigenvalue weighted by molar-refractivity contribution is 5.77. The van der Waals surface area contributed by atoms with Crippen molar-refractivity contribution in [3.05, 3.63) is 40.4 Å². The zero-order chi connectivity index (χ0) is 13.4. The van der Waals surface area contributed by atoms with Gasteiger partial charge in [-0.2, -0.15) is 0 Å². The Morgan fingerprint density at radius 2 is 1.59 bits per heavy atom. The number of para-hydroxylation sites is 1. The monoisotopic (exact) mass is 234 g/mol. The molecule has 0 unspecified atom stereocenters. The van der Waals surface area contributed by atoms with E-state index in [0.717, 1.165) is 11.3 Å². The minimum Gasteiger partial charge on any atom is -0.299 e. The average molecular weight is 234 g/mol. The number of fused-ring (bicyclic) bond motifs is 1. The molecule has 0 radical (unpaired) electrons. The van der Waals surface area contributed by atoms with Gasteiger partial charge < -0.3 is 0 Å². The molecule has 0 N–H and O–H groups in total. The van der Waals surface area contributed by atoms with Gasteiger partial charge in [0, 0.05) is 7.05 Å². The highest BCUT2D eigenvalue weighted by Gasteiger charge is 2.02. The zero-order valence-corrected chi connectivity index (χ0v) is 11.6. The van der Waals surface area contributed by atoms with E-state index in [9.17, 15) is 4.79 Å². The molecular weight excluding hydrogens is 212 g/mol. The first-order valence-electron chi connectivity index (χ1n) is 6.12. The van der Waals surface area contributed by atoms with E-state index in [-0.39, 0.29) is 5.56 Å². The first kappa shape index (κ1) is 15.4. The van der Waals surface area contributed by atoms with Gasteiger partial charge in [-0.25, -0.2) is 4.98 Å². The van der Waals surface area contributed by atoms with Crippen LogP contribution in [0.15, 0.2) is 29.1 Å². The van der Waals surface area contributed by atoms with Crippen molar-refractivity contribution in [3.63, 3.8) is 0 Å². The van der Waals surface area contributed by atoms with E-state index in [2.05, 4.69) is 4.98 Å². The standard InChI is InChI=1S/C10H10N2O.2C2H6/c1-7-11-9-6-4-3-5-8(9)10(13)12(7)2;2*1-2/h3-6H,1-2H3;2*1-2H3. The molecule has 2 rings (SSSR count). The van der Waals surface area contributed by atoms with Crippen LogP contribution in [-0.4, -0.2) is 9.55 Å². The fraction of sp³-hybridized carbons (Fsp3) is 0.429. The molecular formula is C14H22N2O. The number of nitrogens with zero attached hydrogens (tertiary/aromatic N) is 2. The Morgan fingerprint density at radius 3 is 2.18 bits per heavy atom. The normalized spacial score (nSPS) is 8.82. The van der Waals surface area contributed by atoms with Gasteiger partial charge in [-0.05, 0) is 19.1 Å². The third-order valence-electron chi connectivity index (χ3n) is 2.21. The predicted octanol–water partition coefficient (Wildman–Crippen LogP) is 3.29. The van der Waals surface area contributed by atoms with Crippen LogP contribution in [-0.2, 0) is 7.05 Å². The second-order valence-corrected chi connectivity index (χ2v) is 3.04. The summed E-state index contributed by atoms with van der Waals surface area (Å²) in [6.45, 7) is 9.83. The van der Waals surface area contributed by atoms with Crippen LogP contribution >= 0.6 is 0 Å². The number of aryl methyl sites for hydroxylation is 1. The fourth-order valence-corrected chi connectivity index (χ4v) is 1.33. The predicted molar refractivity (Wildman–Crippen MR) is 74.4 cm³/mol. The Morgan fingerprint density at radius 1 is 1.06 bits per heavy atom. The molecule has 0 amide bonds. The summed E-state index contributed by atoms with van der Waals surface area (Å²) in [4.78, 5) is 16.0. The molecule has 0 aliphatic heterocycles. The van der Waals surface area contributed by atoms with E-state index in [1.807, 2.05) is 52.8 Å². The van der Waals surface area contributed by atoms with Crippen LogP contribution in [0.5, 0.6) is 0 Å².